The summed E-state index contributed by atoms with van der Waals surface area (Å²) in [7, 11) is -2.62. The van der Waals surface area contributed by atoms with E-state index in [0.717, 1.165) is 5.56 Å². The Morgan fingerprint density at radius 2 is 1.28 bits per heavy atom. The lowest BCUT2D eigenvalue weighted by molar-refractivity contribution is 0.368. The summed E-state index contributed by atoms with van der Waals surface area (Å²) in [4.78, 5) is 21.7. The molecule has 5 N–H and O–H groups in total. The topological polar surface area (TPSA) is 101 Å². The van der Waals surface area contributed by atoms with E-state index in [2.05, 4.69) is 0 Å². The number of hydrogen-bond acceptors (Lipinski definition) is 5. The van der Waals surface area contributed by atoms with Gasteiger partial charge in [0, 0.05) is 5.56 Å². The molecule has 0 saturated heterocycles. The Morgan fingerprint density at radius 3 is 1.83 bits per heavy atom. The van der Waals surface area contributed by atoms with E-state index >= 15 is 0 Å². The molecule has 6 heteroatoms. The molecule has 0 spiro atoms. The van der Waals surface area contributed by atoms with Gasteiger partial charge in [-0.05, 0) is 11.6 Å². The standard InChI is InChI=1S/C12H10O2.H3O3P/c13-11-8-4-7-10(12(11)14)9-5-2-1-3-6-9;1-4(2)3/h1-8,13-14H;1-3H. The van der Waals surface area contributed by atoms with Crippen LogP contribution in [0, 0.1) is 0 Å². The maximum absolute atomic E-state index is 9.60. The molecule has 0 saturated carbocycles. The van der Waals surface area contributed by atoms with E-state index in [0.29, 0.717) is 5.56 Å². The molecule has 0 radical (unpaired) electrons. The minimum Gasteiger partial charge on any atom is -0.504 e. The molecule has 5 nitrogen and oxygen atoms in total. The number of hydrogen-bond donors (Lipinski definition) is 5. The van der Waals surface area contributed by atoms with Crippen LogP contribution in [0.25, 0.3) is 11.1 Å². The second-order valence-corrected chi connectivity index (χ2v) is 3.84. The molecule has 2 aromatic carbocycles. The van der Waals surface area contributed by atoms with Crippen molar-refractivity contribution in [2.75, 3.05) is 0 Å². The first kappa shape index (κ1) is 14.4. The predicted octanol–water partition coefficient (Wildman–Crippen LogP) is 1.95. The second kappa shape index (κ2) is 6.93. The van der Waals surface area contributed by atoms with Crippen LogP contribution in [0.5, 0.6) is 11.5 Å². The van der Waals surface area contributed by atoms with Crippen LogP contribution in [0.2, 0.25) is 0 Å². The molecule has 2 aromatic rings. The summed E-state index contributed by atoms with van der Waals surface area (Å²) in [5.74, 6) is -0.162. The number of phenols is 2. The van der Waals surface area contributed by atoms with Gasteiger partial charge in [-0.3, -0.25) is 0 Å². The average molecular weight is 268 g/mol. The lowest BCUT2D eigenvalue weighted by Crippen LogP contribution is -1.78. The predicted molar refractivity (Wildman–Crippen MR) is 68.8 cm³/mol. The molecule has 0 aliphatic heterocycles. The molecule has 96 valence electrons. The molecule has 0 heterocycles. The van der Waals surface area contributed by atoms with Gasteiger partial charge in [-0.25, -0.2) is 0 Å². The summed E-state index contributed by atoms with van der Waals surface area (Å²) in [6, 6.07) is 14.4. The summed E-state index contributed by atoms with van der Waals surface area (Å²) in [6.45, 7) is 0. The fraction of sp³-hybridized carbons (Fsp3) is 0. The van der Waals surface area contributed by atoms with Crippen LogP contribution in [0.3, 0.4) is 0 Å². The molecule has 0 unspecified atom stereocenters. The number of rotatable bonds is 1. The van der Waals surface area contributed by atoms with E-state index in [1.165, 1.54) is 6.07 Å². The summed E-state index contributed by atoms with van der Waals surface area (Å²) < 4.78 is 0. The van der Waals surface area contributed by atoms with Crippen molar-refractivity contribution in [1.29, 1.82) is 0 Å². The largest absolute Gasteiger partial charge is 0.504 e. The van der Waals surface area contributed by atoms with Crippen LogP contribution < -0.4 is 0 Å². The normalized spacial score (nSPS) is 9.78. The third-order valence-corrected chi connectivity index (χ3v) is 2.10. The van der Waals surface area contributed by atoms with Gasteiger partial charge in [0.05, 0.1) is 0 Å². The van der Waals surface area contributed by atoms with Crippen LogP contribution in [0.1, 0.15) is 0 Å². The zero-order valence-electron chi connectivity index (χ0n) is 9.30. The van der Waals surface area contributed by atoms with E-state index < -0.39 is 8.60 Å². The van der Waals surface area contributed by atoms with E-state index in [4.69, 9.17) is 14.7 Å². The summed E-state index contributed by atoms with van der Waals surface area (Å²) in [6.07, 6.45) is 0. The highest BCUT2D eigenvalue weighted by molar-refractivity contribution is 7.38. The van der Waals surface area contributed by atoms with Crippen molar-refractivity contribution in [2.45, 2.75) is 0 Å². The molecule has 0 aliphatic carbocycles. The minimum absolute atomic E-state index is 0.0706. The van der Waals surface area contributed by atoms with Crippen LogP contribution in [-0.2, 0) is 0 Å². The maximum Gasteiger partial charge on any atom is 0.324 e. The number of benzene rings is 2. The van der Waals surface area contributed by atoms with Crippen LogP contribution in [-0.4, -0.2) is 24.9 Å². The first-order valence-corrected chi connectivity index (χ1v) is 6.15. The Bertz CT molecular complexity index is 484. The third kappa shape index (κ3) is 4.31. The van der Waals surface area contributed by atoms with Crippen molar-refractivity contribution < 1.29 is 24.9 Å². The molecule has 0 aromatic heterocycles. The Labute approximate surface area is 105 Å². The lowest BCUT2D eigenvalue weighted by Gasteiger charge is -2.05. The highest BCUT2D eigenvalue weighted by Gasteiger charge is 2.06. The van der Waals surface area contributed by atoms with Gasteiger partial charge in [0.1, 0.15) is 0 Å². The molecule has 18 heavy (non-hydrogen) atoms. The minimum atomic E-state index is -2.62. The van der Waals surface area contributed by atoms with Crippen molar-refractivity contribution in [1.82, 2.24) is 0 Å². The van der Waals surface area contributed by atoms with Crippen molar-refractivity contribution in [3.05, 3.63) is 48.5 Å². The molecular weight excluding hydrogens is 255 g/mol. The summed E-state index contributed by atoms with van der Waals surface area (Å²) in [5, 5.41) is 18.9. The third-order valence-electron chi connectivity index (χ3n) is 2.10. The first-order valence-electron chi connectivity index (χ1n) is 4.95. The van der Waals surface area contributed by atoms with Gasteiger partial charge in [0.2, 0.25) is 0 Å². The Hall–Kier alpha value is -1.65. The van der Waals surface area contributed by atoms with E-state index in [1.54, 1.807) is 12.1 Å². The Kier molecular flexibility index (Phi) is 5.55. The van der Waals surface area contributed by atoms with Crippen LogP contribution >= 0.6 is 8.60 Å². The van der Waals surface area contributed by atoms with E-state index in [9.17, 15) is 10.2 Å². The number of para-hydroxylation sites is 1. The lowest BCUT2D eigenvalue weighted by atomic mass is 10.0. The fourth-order valence-corrected chi connectivity index (χ4v) is 1.38. The van der Waals surface area contributed by atoms with Gasteiger partial charge in [-0.15, -0.1) is 0 Å². The van der Waals surface area contributed by atoms with Crippen LogP contribution in [0.15, 0.2) is 48.5 Å². The Balaban J connectivity index is 0.000000357. The van der Waals surface area contributed by atoms with Crippen LogP contribution in [0.4, 0.5) is 0 Å². The molecule has 0 bridgehead atoms. The molecule has 0 aliphatic rings. The maximum atomic E-state index is 9.60. The van der Waals surface area contributed by atoms with Gasteiger partial charge in [0.25, 0.3) is 0 Å². The zero-order chi connectivity index (χ0) is 13.5. The second-order valence-electron chi connectivity index (χ2n) is 3.31. The molecule has 0 atom stereocenters. The summed E-state index contributed by atoms with van der Waals surface area (Å²) >= 11 is 0. The fourth-order valence-electron chi connectivity index (χ4n) is 1.38. The quantitative estimate of drug-likeness (QED) is 0.402. The highest BCUT2D eigenvalue weighted by Crippen LogP contribution is 2.35. The van der Waals surface area contributed by atoms with Gasteiger partial charge in [-0.2, -0.15) is 0 Å². The van der Waals surface area contributed by atoms with Gasteiger partial charge >= 0.3 is 8.60 Å². The average Bonchev–Trinajstić information content (AvgIpc) is 2.33. The monoisotopic (exact) mass is 268 g/mol. The van der Waals surface area contributed by atoms with Gasteiger partial charge in [0.15, 0.2) is 11.5 Å². The molecule has 2 rings (SSSR count). The van der Waals surface area contributed by atoms with Crippen molar-refractivity contribution in [2.24, 2.45) is 0 Å². The van der Waals surface area contributed by atoms with Crippen molar-refractivity contribution in [3.63, 3.8) is 0 Å². The molecule has 0 fully saturated rings. The highest BCUT2D eigenvalue weighted by atomic mass is 31.2. The molecular formula is C12H13O5P. The molecule has 0 amide bonds. The SMILES string of the molecule is OP(O)O.Oc1cccc(-c2ccccc2)c1O. The van der Waals surface area contributed by atoms with Crippen molar-refractivity contribution >= 4 is 8.60 Å². The van der Waals surface area contributed by atoms with E-state index in [1.807, 2.05) is 30.3 Å². The summed E-state index contributed by atoms with van der Waals surface area (Å²) in [5.41, 5.74) is 1.53. The number of aromatic hydroxyl groups is 2. The Morgan fingerprint density at radius 1 is 0.722 bits per heavy atom. The van der Waals surface area contributed by atoms with E-state index in [-0.39, 0.29) is 11.5 Å². The number of phenolic OH excluding ortho intramolecular Hbond substituents is 2. The smallest absolute Gasteiger partial charge is 0.324 e. The van der Waals surface area contributed by atoms with Crippen molar-refractivity contribution in [3.8, 4) is 22.6 Å². The van der Waals surface area contributed by atoms with Gasteiger partial charge < -0.3 is 24.9 Å². The zero-order valence-corrected chi connectivity index (χ0v) is 10.2. The first-order chi connectivity index (χ1) is 8.52. The van der Waals surface area contributed by atoms with Gasteiger partial charge in [-0.1, -0.05) is 42.5 Å².